The van der Waals surface area contributed by atoms with Crippen molar-refractivity contribution in [2.45, 2.75) is 30.7 Å². The molecule has 1 aliphatic rings. The molecule has 6 nitrogen and oxygen atoms in total. The molecule has 2 rings (SSSR count). The molecular formula is C13H16N2O4S. The monoisotopic (exact) mass is 296 g/mol. The van der Waals surface area contributed by atoms with Gasteiger partial charge in [-0.15, -0.1) is 0 Å². The van der Waals surface area contributed by atoms with Gasteiger partial charge in [-0.2, -0.15) is 0 Å². The molecule has 1 atom stereocenters. The highest BCUT2D eigenvalue weighted by Gasteiger charge is 2.27. The van der Waals surface area contributed by atoms with Gasteiger partial charge in [0.2, 0.25) is 11.8 Å². The zero-order valence-corrected chi connectivity index (χ0v) is 11.9. The molecule has 1 aliphatic heterocycles. The van der Waals surface area contributed by atoms with E-state index in [0.29, 0.717) is 12.1 Å². The van der Waals surface area contributed by atoms with E-state index < -0.39 is 21.8 Å². The van der Waals surface area contributed by atoms with Crippen LogP contribution in [0.3, 0.4) is 0 Å². The predicted octanol–water partition coefficient (Wildman–Crippen LogP) is 0.697. The van der Waals surface area contributed by atoms with Crippen LogP contribution >= 0.6 is 0 Å². The molecule has 0 radical (unpaired) electrons. The number of hydrogen-bond donors (Lipinski definition) is 2. The number of amides is 2. The first-order valence-electron chi connectivity index (χ1n) is 6.36. The fraction of sp³-hybridized carbons (Fsp3) is 0.385. The van der Waals surface area contributed by atoms with Gasteiger partial charge >= 0.3 is 0 Å². The van der Waals surface area contributed by atoms with Crippen molar-refractivity contribution in [1.29, 1.82) is 0 Å². The molecule has 0 aliphatic carbocycles. The number of piperidine rings is 1. The predicted molar refractivity (Wildman–Crippen MR) is 74.0 cm³/mol. The van der Waals surface area contributed by atoms with Crippen molar-refractivity contribution in [3.63, 3.8) is 0 Å². The third-order valence-corrected chi connectivity index (χ3v) is 4.96. The molecule has 1 heterocycles. The average molecular weight is 296 g/mol. The van der Waals surface area contributed by atoms with E-state index in [9.17, 15) is 18.0 Å². The Morgan fingerprint density at radius 3 is 2.65 bits per heavy atom. The van der Waals surface area contributed by atoms with Gasteiger partial charge in [-0.3, -0.25) is 14.9 Å². The van der Waals surface area contributed by atoms with Crippen molar-refractivity contribution in [3.05, 3.63) is 24.3 Å². The van der Waals surface area contributed by atoms with E-state index in [1.165, 1.54) is 6.07 Å². The third-order valence-electron chi connectivity index (χ3n) is 3.17. The van der Waals surface area contributed by atoms with Gasteiger partial charge in [0.1, 0.15) is 6.04 Å². The Hall–Kier alpha value is -1.89. The molecule has 108 valence electrons. The van der Waals surface area contributed by atoms with Crippen LogP contribution in [0.2, 0.25) is 0 Å². The van der Waals surface area contributed by atoms with E-state index >= 15 is 0 Å². The number of nitrogens with one attached hydrogen (secondary N) is 2. The second kappa shape index (κ2) is 5.62. The van der Waals surface area contributed by atoms with Crippen LogP contribution in [0.1, 0.15) is 19.8 Å². The number of benzene rings is 1. The zero-order chi connectivity index (χ0) is 14.8. The quantitative estimate of drug-likeness (QED) is 0.798. The van der Waals surface area contributed by atoms with Crippen LogP contribution in [0.5, 0.6) is 0 Å². The standard InChI is InChI=1S/C13H16N2O4S/c1-2-20(18,19)11-6-4-3-5-9(11)14-10-7-8-12(16)15-13(10)17/h3-6,10,14H,2,7-8H2,1H3,(H,15,16,17). The van der Waals surface area contributed by atoms with Gasteiger partial charge in [-0.05, 0) is 18.6 Å². The molecule has 0 saturated carbocycles. The lowest BCUT2D eigenvalue weighted by Crippen LogP contribution is -2.47. The van der Waals surface area contributed by atoms with Crippen molar-refractivity contribution in [2.24, 2.45) is 0 Å². The van der Waals surface area contributed by atoms with Crippen LogP contribution in [-0.4, -0.2) is 32.0 Å². The molecule has 7 heteroatoms. The number of hydrogen-bond acceptors (Lipinski definition) is 5. The minimum Gasteiger partial charge on any atom is -0.373 e. The Morgan fingerprint density at radius 2 is 2.00 bits per heavy atom. The Bertz CT molecular complexity index is 640. The van der Waals surface area contributed by atoms with E-state index in [4.69, 9.17) is 0 Å². The van der Waals surface area contributed by atoms with E-state index in [1.807, 2.05) is 0 Å². The first kappa shape index (κ1) is 14.5. The molecule has 2 amide bonds. The fourth-order valence-corrected chi connectivity index (χ4v) is 3.09. The number of imide groups is 1. The summed E-state index contributed by atoms with van der Waals surface area (Å²) in [6, 6.07) is 5.86. The Morgan fingerprint density at radius 1 is 1.30 bits per heavy atom. The molecule has 2 N–H and O–H groups in total. The summed E-state index contributed by atoms with van der Waals surface area (Å²) in [5, 5.41) is 5.15. The summed E-state index contributed by atoms with van der Waals surface area (Å²) < 4.78 is 24.0. The molecular weight excluding hydrogens is 280 g/mol. The summed E-state index contributed by atoms with van der Waals surface area (Å²) in [5.41, 5.74) is 0.392. The first-order chi connectivity index (χ1) is 9.44. The van der Waals surface area contributed by atoms with Gasteiger partial charge in [0.15, 0.2) is 9.84 Å². The number of carbonyl (C=O) groups excluding carboxylic acids is 2. The molecule has 1 aromatic carbocycles. The molecule has 1 fully saturated rings. The van der Waals surface area contributed by atoms with Crippen LogP contribution in [-0.2, 0) is 19.4 Å². The fourth-order valence-electron chi connectivity index (χ4n) is 2.03. The van der Waals surface area contributed by atoms with Crippen LogP contribution in [0.25, 0.3) is 0 Å². The number of para-hydroxylation sites is 1. The lowest BCUT2D eigenvalue weighted by molar-refractivity contribution is -0.133. The van der Waals surface area contributed by atoms with E-state index in [1.54, 1.807) is 25.1 Å². The van der Waals surface area contributed by atoms with E-state index in [2.05, 4.69) is 10.6 Å². The SMILES string of the molecule is CCS(=O)(=O)c1ccccc1NC1CCC(=O)NC1=O. The Labute approximate surface area is 117 Å². The third kappa shape index (κ3) is 2.98. The smallest absolute Gasteiger partial charge is 0.249 e. The van der Waals surface area contributed by atoms with Gasteiger partial charge in [0.05, 0.1) is 16.3 Å². The van der Waals surface area contributed by atoms with Crippen molar-refractivity contribution in [1.82, 2.24) is 5.32 Å². The first-order valence-corrected chi connectivity index (χ1v) is 8.01. The summed E-state index contributed by atoms with van der Waals surface area (Å²) >= 11 is 0. The van der Waals surface area contributed by atoms with Gasteiger partial charge in [0, 0.05) is 6.42 Å². The lowest BCUT2D eigenvalue weighted by Gasteiger charge is -2.23. The van der Waals surface area contributed by atoms with Crippen LogP contribution in [0, 0.1) is 0 Å². The second-order valence-corrected chi connectivity index (χ2v) is 6.79. The summed E-state index contributed by atoms with van der Waals surface area (Å²) in [7, 11) is -3.37. The highest BCUT2D eigenvalue weighted by Crippen LogP contribution is 2.24. The van der Waals surface area contributed by atoms with Gasteiger partial charge < -0.3 is 5.32 Å². The van der Waals surface area contributed by atoms with Gasteiger partial charge in [-0.25, -0.2) is 8.42 Å². The minimum absolute atomic E-state index is 0.0129. The van der Waals surface area contributed by atoms with Crippen molar-refractivity contribution in [3.8, 4) is 0 Å². The Kier molecular flexibility index (Phi) is 4.08. The molecule has 1 saturated heterocycles. The number of carbonyl (C=O) groups is 2. The molecule has 1 aromatic rings. The zero-order valence-electron chi connectivity index (χ0n) is 11.0. The van der Waals surface area contributed by atoms with Gasteiger partial charge in [-0.1, -0.05) is 19.1 Å². The lowest BCUT2D eigenvalue weighted by atomic mass is 10.1. The molecule has 20 heavy (non-hydrogen) atoms. The van der Waals surface area contributed by atoms with E-state index in [0.717, 1.165) is 0 Å². The van der Waals surface area contributed by atoms with Crippen LogP contribution in [0.15, 0.2) is 29.2 Å². The number of rotatable bonds is 4. The molecule has 0 bridgehead atoms. The average Bonchev–Trinajstić information content (AvgIpc) is 2.42. The van der Waals surface area contributed by atoms with Crippen molar-refractivity contribution >= 4 is 27.3 Å². The van der Waals surface area contributed by atoms with Crippen molar-refractivity contribution < 1.29 is 18.0 Å². The topological polar surface area (TPSA) is 92.3 Å². The maximum atomic E-state index is 12.0. The molecule has 0 spiro atoms. The summed E-state index contributed by atoms with van der Waals surface area (Å²) in [5.74, 6) is -0.742. The highest BCUT2D eigenvalue weighted by molar-refractivity contribution is 7.91. The molecule has 0 aromatic heterocycles. The Balaban J connectivity index is 2.26. The van der Waals surface area contributed by atoms with E-state index in [-0.39, 0.29) is 23.0 Å². The second-order valence-electron chi connectivity index (χ2n) is 4.55. The summed E-state index contributed by atoms with van der Waals surface area (Å²) in [4.78, 5) is 23.0. The van der Waals surface area contributed by atoms with Gasteiger partial charge in [0.25, 0.3) is 0 Å². The highest BCUT2D eigenvalue weighted by atomic mass is 32.2. The number of sulfone groups is 1. The van der Waals surface area contributed by atoms with Crippen LogP contribution in [0.4, 0.5) is 5.69 Å². The van der Waals surface area contributed by atoms with Crippen LogP contribution < -0.4 is 10.6 Å². The summed E-state index contributed by atoms with van der Waals surface area (Å²) in [6.45, 7) is 1.57. The number of anilines is 1. The maximum absolute atomic E-state index is 12.0. The maximum Gasteiger partial charge on any atom is 0.249 e. The normalized spacial score (nSPS) is 19.6. The largest absolute Gasteiger partial charge is 0.373 e. The van der Waals surface area contributed by atoms with Crippen molar-refractivity contribution in [2.75, 3.05) is 11.1 Å². The minimum atomic E-state index is -3.37. The molecule has 1 unspecified atom stereocenters. The summed E-state index contributed by atoms with van der Waals surface area (Å²) in [6.07, 6.45) is 0.595.